The molecule has 82 valence electrons. The molecule has 0 saturated heterocycles. The fourth-order valence-corrected chi connectivity index (χ4v) is 1.96. The summed E-state index contributed by atoms with van der Waals surface area (Å²) < 4.78 is 0. The van der Waals surface area contributed by atoms with Gasteiger partial charge in [-0.15, -0.1) is 11.3 Å². The number of carbonyl (C=O) groups is 1. The van der Waals surface area contributed by atoms with Crippen LogP contribution in [0.2, 0.25) is 5.02 Å². The highest BCUT2D eigenvalue weighted by molar-refractivity contribution is 7.13. The van der Waals surface area contributed by atoms with Gasteiger partial charge < -0.3 is 0 Å². The molecule has 2 heterocycles. The SMILES string of the molecule is Cc1cc(Cl)c(C(=O)Nc2nccs2)cn1. The number of aryl methyl sites for hydroxylation is 1. The molecule has 0 bridgehead atoms. The Morgan fingerprint density at radius 3 is 2.94 bits per heavy atom. The molecule has 4 nitrogen and oxygen atoms in total. The minimum absolute atomic E-state index is 0.299. The second-order valence-electron chi connectivity index (χ2n) is 3.10. The van der Waals surface area contributed by atoms with E-state index in [1.165, 1.54) is 17.5 Å². The standard InChI is InChI=1S/C10H8ClN3OS/c1-6-4-8(11)7(5-13-6)9(15)14-10-12-2-3-16-10/h2-5H,1H3,(H,12,14,15). The lowest BCUT2D eigenvalue weighted by Crippen LogP contribution is -2.12. The Balaban J connectivity index is 2.21. The Hall–Kier alpha value is -1.46. The third-order valence-corrected chi connectivity index (χ3v) is 2.89. The lowest BCUT2D eigenvalue weighted by molar-refractivity contribution is 0.102. The number of rotatable bonds is 2. The Kier molecular flexibility index (Phi) is 3.17. The van der Waals surface area contributed by atoms with E-state index in [-0.39, 0.29) is 5.91 Å². The number of halogens is 1. The first-order valence-corrected chi connectivity index (χ1v) is 5.75. The second-order valence-corrected chi connectivity index (χ2v) is 4.40. The first kappa shape index (κ1) is 11.0. The van der Waals surface area contributed by atoms with Crippen LogP contribution in [0.25, 0.3) is 0 Å². The molecule has 1 N–H and O–H groups in total. The van der Waals surface area contributed by atoms with Crippen molar-refractivity contribution in [3.05, 3.63) is 40.1 Å². The number of nitrogens with zero attached hydrogens (tertiary/aromatic N) is 2. The van der Waals surface area contributed by atoms with Gasteiger partial charge in [-0.3, -0.25) is 15.1 Å². The Morgan fingerprint density at radius 2 is 2.31 bits per heavy atom. The summed E-state index contributed by atoms with van der Waals surface area (Å²) in [5.74, 6) is -0.299. The zero-order chi connectivity index (χ0) is 11.5. The number of hydrogen-bond acceptors (Lipinski definition) is 4. The van der Waals surface area contributed by atoms with Crippen LogP contribution in [-0.2, 0) is 0 Å². The summed E-state index contributed by atoms with van der Waals surface area (Å²) in [5, 5.41) is 5.36. The molecule has 0 fully saturated rings. The molecule has 0 aromatic carbocycles. The predicted molar refractivity (Wildman–Crippen MR) is 64.1 cm³/mol. The van der Waals surface area contributed by atoms with Gasteiger partial charge in [0.25, 0.3) is 5.91 Å². The van der Waals surface area contributed by atoms with Crippen LogP contribution in [0.5, 0.6) is 0 Å². The quantitative estimate of drug-likeness (QED) is 0.895. The Labute approximate surface area is 101 Å². The minimum Gasteiger partial charge on any atom is -0.298 e. The summed E-state index contributed by atoms with van der Waals surface area (Å²) in [6.45, 7) is 1.81. The zero-order valence-corrected chi connectivity index (χ0v) is 9.97. The fraction of sp³-hybridized carbons (Fsp3) is 0.100. The molecule has 2 rings (SSSR count). The molecule has 0 aliphatic heterocycles. The lowest BCUT2D eigenvalue weighted by Gasteiger charge is -2.03. The van der Waals surface area contributed by atoms with Crippen molar-refractivity contribution in [2.45, 2.75) is 6.92 Å². The predicted octanol–water partition coefficient (Wildman–Crippen LogP) is 2.75. The van der Waals surface area contributed by atoms with Crippen molar-refractivity contribution in [2.24, 2.45) is 0 Å². The summed E-state index contributed by atoms with van der Waals surface area (Å²) in [5.41, 5.74) is 1.12. The van der Waals surface area contributed by atoms with Crippen molar-refractivity contribution in [3.8, 4) is 0 Å². The van der Waals surface area contributed by atoms with Crippen LogP contribution >= 0.6 is 22.9 Å². The van der Waals surface area contributed by atoms with Crippen molar-refractivity contribution in [3.63, 3.8) is 0 Å². The van der Waals surface area contributed by atoms with Gasteiger partial charge in [-0.1, -0.05) is 11.6 Å². The van der Waals surface area contributed by atoms with E-state index in [4.69, 9.17) is 11.6 Å². The van der Waals surface area contributed by atoms with Crippen LogP contribution in [0.1, 0.15) is 16.1 Å². The Morgan fingerprint density at radius 1 is 1.50 bits per heavy atom. The molecule has 0 saturated carbocycles. The van der Waals surface area contributed by atoms with Gasteiger partial charge in [0.1, 0.15) is 0 Å². The minimum atomic E-state index is -0.299. The number of aromatic nitrogens is 2. The molecule has 0 aliphatic rings. The largest absolute Gasteiger partial charge is 0.298 e. The van der Waals surface area contributed by atoms with Crippen LogP contribution in [0.3, 0.4) is 0 Å². The molecule has 2 aromatic heterocycles. The van der Waals surface area contributed by atoms with Gasteiger partial charge in [0, 0.05) is 23.5 Å². The van der Waals surface area contributed by atoms with Crippen LogP contribution in [0, 0.1) is 6.92 Å². The number of nitrogens with one attached hydrogen (secondary N) is 1. The van der Waals surface area contributed by atoms with Crippen molar-refractivity contribution in [1.82, 2.24) is 9.97 Å². The molecule has 6 heteroatoms. The number of anilines is 1. The molecule has 16 heavy (non-hydrogen) atoms. The molecule has 0 spiro atoms. The number of amides is 1. The Bertz CT molecular complexity index is 513. The van der Waals surface area contributed by atoms with Gasteiger partial charge in [0.2, 0.25) is 0 Å². The van der Waals surface area contributed by atoms with Crippen LogP contribution in [-0.4, -0.2) is 15.9 Å². The van der Waals surface area contributed by atoms with Gasteiger partial charge >= 0.3 is 0 Å². The number of thiazole rings is 1. The van der Waals surface area contributed by atoms with Gasteiger partial charge in [-0.25, -0.2) is 4.98 Å². The van der Waals surface area contributed by atoms with Crippen LogP contribution < -0.4 is 5.32 Å². The smallest absolute Gasteiger partial charge is 0.260 e. The van der Waals surface area contributed by atoms with E-state index in [1.807, 2.05) is 6.92 Å². The highest BCUT2D eigenvalue weighted by atomic mass is 35.5. The van der Waals surface area contributed by atoms with E-state index < -0.39 is 0 Å². The van der Waals surface area contributed by atoms with E-state index >= 15 is 0 Å². The topological polar surface area (TPSA) is 54.9 Å². The first-order chi connectivity index (χ1) is 7.66. The highest BCUT2D eigenvalue weighted by Crippen LogP contribution is 2.18. The van der Waals surface area contributed by atoms with Gasteiger partial charge in [0.05, 0.1) is 10.6 Å². The van der Waals surface area contributed by atoms with Crippen molar-refractivity contribution in [1.29, 1.82) is 0 Å². The third-order valence-electron chi connectivity index (χ3n) is 1.89. The number of pyridine rings is 1. The maximum absolute atomic E-state index is 11.8. The van der Waals surface area contributed by atoms with Gasteiger partial charge in [-0.05, 0) is 13.0 Å². The summed E-state index contributed by atoms with van der Waals surface area (Å²) in [4.78, 5) is 19.8. The summed E-state index contributed by atoms with van der Waals surface area (Å²) in [6.07, 6.45) is 3.08. The second kappa shape index (κ2) is 4.59. The molecule has 1 amide bonds. The average molecular weight is 254 g/mol. The molecule has 0 unspecified atom stereocenters. The first-order valence-electron chi connectivity index (χ1n) is 4.50. The third kappa shape index (κ3) is 2.37. The van der Waals surface area contributed by atoms with Gasteiger partial charge in [-0.2, -0.15) is 0 Å². The molecule has 0 atom stereocenters. The molecule has 0 aliphatic carbocycles. The maximum Gasteiger partial charge on any atom is 0.260 e. The molecular formula is C10H8ClN3OS. The van der Waals surface area contributed by atoms with E-state index in [0.717, 1.165) is 5.69 Å². The van der Waals surface area contributed by atoms with E-state index in [9.17, 15) is 4.79 Å². The maximum atomic E-state index is 11.8. The fourth-order valence-electron chi connectivity index (χ4n) is 1.14. The molecular weight excluding hydrogens is 246 g/mol. The lowest BCUT2D eigenvalue weighted by atomic mass is 10.2. The number of hydrogen-bond donors (Lipinski definition) is 1. The summed E-state index contributed by atoms with van der Waals surface area (Å²) in [6, 6.07) is 1.65. The molecule has 0 radical (unpaired) electrons. The average Bonchev–Trinajstić information content (AvgIpc) is 2.70. The summed E-state index contributed by atoms with van der Waals surface area (Å²) in [7, 11) is 0. The van der Waals surface area contributed by atoms with Gasteiger partial charge in [0.15, 0.2) is 5.13 Å². The zero-order valence-electron chi connectivity index (χ0n) is 8.40. The highest BCUT2D eigenvalue weighted by Gasteiger charge is 2.12. The monoisotopic (exact) mass is 253 g/mol. The normalized spacial score (nSPS) is 10.1. The van der Waals surface area contributed by atoms with Crippen molar-refractivity contribution >= 4 is 34.0 Å². The van der Waals surface area contributed by atoms with Crippen LogP contribution in [0.15, 0.2) is 23.8 Å². The van der Waals surface area contributed by atoms with E-state index in [2.05, 4.69) is 15.3 Å². The van der Waals surface area contributed by atoms with Crippen LogP contribution in [0.4, 0.5) is 5.13 Å². The van der Waals surface area contributed by atoms with E-state index in [0.29, 0.717) is 15.7 Å². The van der Waals surface area contributed by atoms with E-state index in [1.54, 1.807) is 17.6 Å². The van der Waals surface area contributed by atoms with Crippen molar-refractivity contribution in [2.75, 3.05) is 5.32 Å². The van der Waals surface area contributed by atoms with Crippen molar-refractivity contribution < 1.29 is 4.79 Å². The number of carbonyl (C=O) groups excluding carboxylic acids is 1. The summed E-state index contributed by atoms with van der Waals surface area (Å²) >= 11 is 7.30. The molecule has 2 aromatic rings.